The van der Waals surface area contributed by atoms with Crippen LogP contribution < -0.4 is 10.0 Å². The van der Waals surface area contributed by atoms with Gasteiger partial charge in [0.25, 0.3) is 5.91 Å². The van der Waals surface area contributed by atoms with Gasteiger partial charge in [-0.25, -0.2) is 13.1 Å². The number of hydrogen-bond acceptors (Lipinski definition) is 5. The third-order valence-corrected chi connectivity index (χ3v) is 6.23. The van der Waals surface area contributed by atoms with Gasteiger partial charge in [0.15, 0.2) is 5.76 Å². The van der Waals surface area contributed by atoms with Gasteiger partial charge in [0.05, 0.1) is 17.7 Å². The minimum absolute atomic E-state index is 0.138. The number of carbonyl (C=O) groups is 2. The molecule has 10 heteroatoms. The molecule has 1 aliphatic heterocycles. The smallest absolute Gasteiger partial charge is 0.287 e. The summed E-state index contributed by atoms with van der Waals surface area (Å²) >= 11 is 5.79. The summed E-state index contributed by atoms with van der Waals surface area (Å²) in [6.45, 7) is 0.674. The Labute approximate surface area is 167 Å². The van der Waals surface area contributed by atoms with Crippen molar-refractivity contribution < 1.29 is 22.4 Å². The molecule has 1 aromatic heterocycles. The van der Waals surface area contributed by atoms with Crippen molar-refractivity contribution in [3.63, 3.8) is 0 Å². The normalized spacial score (nSPS) is 15.4. The number of benzene rings is 1. The van der Waals surface area contributed by atoms with Crippen LogP contribution in [0.1, 0.15) is 23.4 Å². The molecule has 1 saturated heterocycles. The van der Waals surface area contributed by atoms with Crippen LogP contribution in [0.5, 0.6) is 0 Å². The van der Waals surface area contributed by atoms with Gasteiger partial charge in [-0.3, -0.25) is 9.59 Å². The van der Waals surface area contributed by atoms with E-state index in [1.807, 2.05) is 0 Å². The summed E-state index contributed by atoms with van der Waals surface area (Å²) in [5.41, 5.74) is 0. The second-order valence-corrected chi connectivity index (χ2v) is 8.54. The predicted octanol–water partition coefficient (Wildman–Crippen LogP) is 1.63. The number of piperidine rings is 1. The molecule has 1 aliphatic rings. The number of carbonyl (C=O) groups excluding carboxylic acids is 2. The van der Waals surface area contributed by atoms with E-state index < -0.39 is 15.9 Å². The van der Waals surface area contributed by atoms with Crippen molar-refractivity contribution in [1.82, 2.24) is 14.9 Å². The number of rotatable bonds is 6. The summed E-state index contributed by atoms with van der Waals surface area (Å²) < 4.78 is 32.5. The summed E-state index contributed by atoms with van der Waals surface area (Å²) in [4.78, 5) is 25.8. The molecular weight excluding hydrogens is 406 g/mol. The molecule has 28 heavy (non-hydrogen) atoms. The fourth-order valence-corrected chi connectivity index (χ4v) is 4.34. The van der Waals surface area contributed by atoms with E-state index in [1.54, 1.807) is 11.0 Å². The van der Waals surface area contributed by atoms with Crippen LogP contribution in [0, 0.1) is 0 Å². The second kappa shape index (κ2) is 8.76. The number of furan rings is 1. The maximum Gasteiger partial charge on any atom is 0.287 e. The summed E-state index contributed by atoms with van der Waals surface area (Å²) in [7, 11) is -3.64. The Bertz CT molecular complexity index is 921. The number of amides is 2. The third kappa shape index (κ3) is 5.12. The Morgan fingerprint density at radius 1 is 1.14 bits per heavy atom. The molecule has 0 bridgehead atoms. The third-order valence-electron chi connectivity index (χ3n) is 4.44. The average Bonchev–Trinajstić information content (AvgIpc) is 3.21. The van der Waals surface area contributed by atoms with Crippen molar-refractivity contribution in [2.75, 3.05) is 19.6 Å². The quantitative estimate of drug-likeness (QED) is 0.731. The van der Waals surface area contributed by atoms with E-state index in [-0.39, 0.29) is 29.1 Å². The minimum Gasteiger partial charge on any atom is -0.459 e. The number of nitrogens with zero attached hydrogens (tertiary/aromatic N) is 1. The first-order chi connectivity index (χ1) is 13.3. The highest BCUT2D eigenvalue weighted by molar-refractivity contribution is 7.89. The number of nitrogens with one attached hydrogen (secondary N) is 2. The van der Waals surface area contributed by atoms with Crippen LogP contribution in [0.2, 0.25) is 5.02 Å². The number of sulfonamides is 1. The molecule has 0 saturated carbocycles. The Kier molecular flexibility index (Phi) is 6.38. The standard InChI is InChI=1S/C18H20ClN3O5S/c19-13-3-5-15(6-4-13)28(25,26)21-14-7-9-22(10-8-14)17(23)12-20-18(24)16-2-1-11-27-16/h1-6,11,14,21H,7-10,12H2,(H,20,24). The highest BCUT2D eigenvalue weighted by Crippen LogP contribution is 2.17. The Hall–Kier alpha value is -2.36. The van der Waals surface area contributed by atoms with Crippen molar-refractivity contribution in [2.45, 2.75) is 23.8 Å². The summed E-state index contributed by atoms with van der Waals surface area (Å²) in [5.74, 6) is -0.536. The van der Waals surface area contributed by atoms with Gasteiger partial charge in [0.2, 0.25) is 15.9 Å². The van der Waals surface area contributed by atoms with Crippen molar-refractivity contribution in [1.29, 1.82) is 0 Å². The van der Waals surface area contributed by atoms with Crippen LogP contribution in [0.25, 0.3) is 0 Å². The summed E-state index contributed by atoms with van der Waals surface area (Å²) in [5, 5.41) is 2.97. The number of halogens is 1. The zero-order chi connectivity index (χ0) is 20.1. The molecule has 2 amide bonds. The molecule has 2 N–H and O–H groups in total. The minimum atomic E-state index is -3.64. The number of likely N-dealkylation sites (tertiary alicyclic amines) is 1. The molecule has 2 heterocycles. The molecule has 8 nitrogen and oxygen atoms in total. The molecule has 0 atom stereocenters. The Morgan fingerprint density at radius 2 is 1.82 bits per heavy atom. The largest absolute Gasteiger partial charge is 0.459 e. The molecule has 3 rings (SSSR count). The molecule has 1 aromatic carbocycles. The highest BCUT2D eigenvalue weighted by atomic mass is 35.5. The molecule has 2 aromatic rings. The van der Waals surface area contributed by atoms with E-state index in [0.717, 1.165) is 0 Å². The van der Waals surface area contributed by atoms with Crippen LogP contribution in [-0.4, -0.2) is 50.8 Å². The lowest BCUT2D eigenvalue weighted by atomic mass is 10.1. The topological polar surface area (TPSA) is 109 Å². The van der Waals surface area contributed by atoms with E-state index in [0.29, 0.717) is 31.0 Å². The molecule has 0 unspecified atom stereocenters. The fraction of sp³-hybridized carbons (Fsp3) is 0.333. The lowest BCUT2D eigenvalue weighted by molar-refractivity contribution is -0.131. The van der Waals surface area contributed by atoms with Crippen LogP contribution >= 0.6 is 11.6 Å². The average molecular weight is 426 g/mol. The predicted molar refractivity (Wildman–Crippen MR) is 102 cm³/mol. The summed E-state index contributed by atoms with van der Waals surface area (Å²) in [6, 6.07) is 8.78. The lowest BCUT2D eigenvalue weighted by Gasteiger charge is -2.32. The van der Waals surface area contributed by atoms with Crippen molar-refractivity contribution in [2.24, 2.45) is 0 Å². The van der Waals surface area contributed by atoms with E-state index in [1.165, 1.54) is 36.6 Å². The first kappa shape index (κ1) is 20.4. The van der Waals surface area contributed by atoms with Crippen LogP contribution in [0.15, 0.2) is 52.0 Å². The van der Waals surface area contributed by atoms with Gasteiger partial charge >= 0.3 is 0 Å². The van der Waals surface area contributed by atoms with E-state index in [2.05, 4.69) is 10.0 Å². The zero-order valence-electron chi connectivity index (χ0n) is 14.9. The van der Waals surface area contributed by atoms with Gasteiger partial charge in [-0.15, -0.1) is 0 Å². The van der Waals surface area contributed by atoms with Crippen LogP contribution in [0.3, 0.4) is 0 Å². The van der Waals surface area contributed by atoms with Crippen molar-refractivity contribution in [3.05, 3.63) is 53.4 Å². The first-order valence-corrected chi connectivity index (χ1v) is 10.6. The summed E-state index contributed by atoms with van der Waals surface area (Å²) in [6.07, 6.45) is 2.36. The molecular formula is C18H20ClN3O5S. The van der Waals surface area contributed by atoms with E-state index >= 15 is 0 Å². The molecule has 150 valence electrons. The van der Waals surface area contributed by atoms with Gasteiger partial charge in [0.1, 0.15) is 0 Å². The molecule has 0 radical (unpaired) electrons. The number of hydrogen-bond donors (Lipinski definition) is 2. The molecule has 1 fully saturated rings. The second-order valence-electron chi connectivity index (χ2n) is 6.39. The van der Waals surface area contributed by atoms with E-state index in [4.69, 9.17) is 16.0 Å². The van der Waals surface area contributed by atoms with Crippen molar-refractivity contribution >= 4 is 33.4 Å². The van der Waals surface area contributed by atoms with Crippen molar-refractivity contribution in [3.8, 4) is 0 Å². The SMILES string of the molecule is O=C(NCC(=O)N1CCC(NS(=O)(=O)c2ccc(Cl)cc2)CC1)c1ccco1. The first-order valence-electron chi connectivity index (χ1n) is 8.72. The lowest BCUT2D eigenvalue weighted by Crippen LogP contribution is -2.48. The fourth-order valence-electron chi connectivity index (χ4n) is 2.91. The highest BCUT2D eigenvalue weighted by Gasteiger charge is 2.27. The van der Waals surface area contributed by atoms with Gasteiger partial charge in [-0.1, -0.05) is 11.6 Å². The van der Waals surface area contributed by atoms with Gasteiger partial charge in [-0.05, 0) is 49.2 Å². The monoisotopic (exact) mass is 425 g/mol. The Balaban J connectivity index is 1.46. The van der Waals surface area contributed by atoms with Crippen LogP contribution in [0.4, 0.5) is 0 Å². The van der Waals surface area contributed by atoms with Crippen LogP contribution in [-0.2, 0) is 14.8 Å². The van der Waals surface area contributed by atoms with Gasteiger partial charge in [-0.2, -0.15) is 0 Å². The molecule has 0 aliphatic carbocycles. The Morgan fingerprint density at radius 3 is 2.43 bits per heavy atom. The van der Waals surface area contributed by atoms with Gasteiger partial charge < -0.3 is 14.6 Å². The maximum atomic E-state index is 12.4. The maximum absolute atomic E-state index is 12.4. The van der Waals surface area contributed by atoms with E-state index in [9.17, 15) is 18.0 Å². The molecule has 0 spiro atoms. The zero-order valence-corrected chi connectivity index (χ0v) is 16.5. The van der Waals surface area contributed by atoms with Gasteiger partial charge in [0, 0.05) is 24.2 Å².